The van der Waals surface area contributed by atoms with Crippen molar-refractivity contribution in [1.82, 2.24) is 0 Å². The standard InChI is InChI=1S/C32H44N2Si2.4CH3.Ti.Zr/c1-31(2,3)33-35(7,8)29-21-23(25-15-11-13-17-27(25)29)19-20-24-22-30(28-18-14-12-16-26(24)28)36(9,10)34-32(4,5)6;;;;;;/h11-18,21-22H,19-20H2,1-10H3;4*1H3;;/q-2;4*-1;2*+4. The van der Waals surface area contributed by atoms with Gasteiger partial charge in [0, 0.05) is 23.7 Å². The quantitative estimate of drug-likeness (QED) is 0.186. The van der Waals surface area contributed by atoms with Crippen molar-refractivity contribution in [3.8, 4) is 0 Å². The van der Waals surface area contributed by atoms with E-state index in [1.807, 2.05) is 0 Å². The summed E-state index contributed by atoms with van der Waals surface area (Å²) in [5, 5.41) is 0. The van der Waals surface area contributed by atoms with Crippen LogP contribution in [-0.4, -0.2) is 27.5 Å². The molecule has 2 nitrogen and oxygen atoms in total. The number of fused-ring (bicyclic) bond motifs is 2. The van der Waals surface area contributed by atoms with Crippen molar-refractivity contribution in [2.24, 2.45) is 0 Å². The summed E-state index contributed by atoms with van der Waals surface area (Å²) in [6.07, 6.45) is 25.0. The molecule has 0 saturated heterocycles. The SMILES string of the molecule is CC(C)(C)[N-][Si](C)(C)[C]1[CH][C](CC[C]2[CH][C]([Si](C)(C)[N-]C(C)(C)C)[C]3C=CC=C[C]23)[C]2C=CC=C[C]21.[CH3-].[CH3-].[CH3-].[CH3-].[Ti+4].[Zr+4]. The Morgan fingerprint density at radius 3 is 1.05 bits per heavy atom. The minimum Gasteiger partial charge on any atom is -0.659 e. The topological polar surface area (TPSA) is 28.2 Å². The molecule has 0 aromatic heterocycles. The fourth-order valence-corrected chi connectivity index (χ4v) is 12.6. The maximum atomic E-state index is 5.33. The summed E-state index contributed by atoms with van der Waals surface area (Å²) in [6.45, 7) is 22.9. The first kappa shape index (κ1) is 47.3. The van der Waals surface area contributed by atoms with Crippen LogP contribution < -0.4 is 0 Å². The molecule has 0 N–H and O–H groups in total. The van der Waals surface area contributed by atoms with Gasteiger partial charge in [-0.15, -0.1) is 11.1 Å². The first-order valence-electron chi connectivity index (χ1n) is 13.4. The van der Waals surface area contributed by atoms with E-state index in [-0.39, 0.29) is 88.7 Å². The monoisotopic (exact) mass is 710 g/mol. The Morgan fingerprint density at radius 2 is 0.786 bits per heavy atom. The summed E-state index contributed by atoms with van der Waals surface area (Å²) in [5.41, 5.74) is 2.92. The molecular weight excluding hydrogens is 656 g/mol. The van der Waals surface area contributed by atoms with E-state index in [4.69, 9.17) is 9.96 Å². The first-order chi connectivity index (χ1) is 16.6. The summed E-state index contributed by atoms with van der Waals surface area (Å²) >= 11 is 0. The van der Waals surface area contributed by atoms with Gasteiger partial charge in [-0.2, -0.15) is 0 Å². The van der Waals surface area contributed by atoms with Crippen LogP contribution in [0.4, 0.5) is 0 Å². The molecule has 42 heavy (non-hydrogen) atoms. The molecule has 0 bridgehead atoms. The average molecular weight is 712 g/mol. The second kappa shape index (κ2) is 17.7. The third-order valence-electron chi connectivity index (χ3n) is 6.98. The summed E-state index contributed by atoms with van der Waals surface area (Å²) in [5.74, 6) is 8.56. The van der Waals surface area contributed by atoms with E-state index in [9.17, 15) is 0 Å². The van der Waals surface area contributed by atoms with E-state index in [1.54, 1.807) is 0 Å². The van der Waals surface area contributed by atoms with Crippen LogP contribution >= 0.6 is 0 Å². The Labute approximate surface area is 301 Å². The van der Waals surface area contributed by atoms with E-state index in [1.165, 1.54) is 46.6 Å². The molecule has 4 aliphatic rings. The molecule has 0 unspecified atom stereocenters. The van der Waals surface area contributed by atoms with Gasteiger partial charge in [0.1, 0.15) is 0 Å². The van der Waals surface area contributed by atoms with Crippen molar-refractivity contribution < 1.29 is 47.9 Å². The summed E-state index contributed by atoms with van der Waals surface area (Å²) in [4.78, 5) is 10.7. The third-order valence-corrected chi connectivity index (χ3v) is 12.9. The molecule has 10 radical (unpaired) electrons. The number of hydrogen-bond acceptors (Lipinski definition) is 0. The van der Waals surface area contributed by atoms with Crippen molar-refractivity contribution in [2.45, 2.75) is 91.6 Å². The third kappa shape index (κ3) is 11.3. The number of rotatable bonds is 7. The van der Waals surface area contributed by atoms with Crippen LogP contribution in [0.2, 0.25) is 26.2 Å². The fourth-order valence-electron chi connectivity index (χ4n) is 6.15. The van der Waals surface area contributed by atoms with Gasteiger partial charge in [0.2, 0.25) is 0 Å². The van der Waals surface area contributed by atoms with E-state index < -0.39 is 16.5 Å². The van der Waals surface area contributed by atoms with Crippen molar-refractivity contribution in [3.05, 3.63) is 148 Å². The molecule has 4 rings (SSSR count). The van der Waals surface area contributed by atoms with E-state index in [0.717, 1.165) is 12.8 Å². The molecule has 0 spiro atoms. The maximum absolute atomic E-state index is 5.33. The largest absolute Gasteiger partial charge is 4.00 e. The predicted octanol–water partition coefficient (Wildman–Crippen LogP) is 10.7. The Balaban J connectivity index is -0.00000253. The molecule has 0 aromatic carbocycles. The second-order valence-corrected chi connectivity index (χ2v) is 21.2. The van der Waals surface area contributed by atoms with E-state index in [2.05, 4.69) is 129 Å². The predicted molar refractivity (Wildman–Crippen MR) is 187 cm³/mol. The first-order valence-corrected chi connectivity index (χ1v) is 19.3. The molecule has 0 atom stereocenters. The minimum atomic E-state index is -1.94. The molecule has 0 aliphatic heterocycles. The molecule has 0 amide bonds. The number of nitrogens with zero attached hydrogens (tertiary/aromatic N) is 2. The molecule has 2 fully saturated rings. The molecule has 2 saturated carbocycles. The Kier molecular flexibility index (Phi) is 20.0. The Bertz CT molecular complexity index is 838. The van der Waals surface area contributed by atoms with Crippen LogP contribution in [0.25, 0.3) is 9.96 Å². The zero-order valence-corrected chi connectivity index (χ0v) is 35.1. The van der Waals surface area contributed by atoms with Crippen LogP contribution in [0.1, 0.15) is 54.4 Å². The fraction of sp³-hybridized carbons (Fsp3) is 0.389. The van der Waals surface area contributed by atoms with Gasteiger partial charge in [0.05, 0.1) is 0 Å². The van der Waals surface area contributed by atoms with Crippen molar-refractivity contribution in [1.29, 1.82) is 0 Å². The van der Waals surface area contributed by atoms with E-state index >= 15 is 0 Å². The Morgan fingerprint density at radius 1 is 0.524 bits per heavy atom. The Hall–Kier alpha value is 0.911. The van der Waals surface area contributed by atoms with Gasteiger partial charge in [0.25, 0.3) is 0 Å². The molecule has 4 aliphatic carbocycles. The number of hydrogen-bond donors (Lipinski definition) is 0. The number of allylic oxidation sites excluding steroid dienone is 8. The van der Waals surface area contributed by atoms with Gasteiger partial charge < -0.3 is 39.7 Å². The molecule has 0 heterocycles. The maximum Gasteiger partial charge on any atom is 4.00 e. The molecule has 224 valence electrons. The van der Waals surface area contributed by atoms with Gasteiger partial charge in [-0.05, 0) is 48.6 Å². The van der Waals surface area contributed by atoms with Crippen LogP contribution in [0, 0.1) is 89.1 Å². The summed E-state index contributed by atoms with van der Waals surface area (Å²) in [6, 6.07) is 0. The van der Waals surface area contributed by atoms with Gasteiger partial charge >= 0.3 is 47.9 Å². The molecule has 0 aromatic rings. The van der Waals surface area contributed by atoms with Crippen LogP contribution in [0.3, 0.4) is 0 Å². The van der Waals surface area contributed by atoms with Gasteiger partial charge in [0.15, 0.2) is 0 Å². The van der Waals surface area contributed by atoms with Crippen molar-refractivity contribution >= 4 is 16.5 Å². The summed E-state index contributed by atoms with van der Waals surface area (Å²) in [7, 11) is -3.87. The van der Waals surface area contributed by atoms with Crippen molar-refractivity contribution in [3.63, 3.8) is 0 Å². The van der Waals surface area contributed by atoms with Crippen LogP contribution in [0.5, 0.6) is 0 Å². The van der Waals surface area contributed by atoms with Gasteiger partial charge in [-0.1, -0.05) is 133 Å². The zero-order chi connectivity index (χ0) is 26.5. The summed E-state index contributed by atoms with van der Waals surface area (Å²) < 4.78 is 0. The van der Waals surface area contributed by atoms with E-state index in [0.29, 0.717) is 0 Å². The smallest absolute Gasteiger partial charge is 0.659 e. The molecular formula is C36H56N2Si2TiZr+2. The zero-order valence-electron chi connectivity index (χ0n) is 29.1. The van der Waals surface area contributed by atoms with Gasteiger partial charge in [-0.25, -0.2) is 0 Å². The molecule has 6 heteroatoms. The van der Waals surface area contributed by atoms with Crippen LogP contribution in [0.15, 0.2) is 48.6 Å². The minimum absolute atomic E-state index is 0. The van der Waals surface area contributed by atoms with Gasteiger partial charge in [-0.3, -0.25) is 0 Å². The van der Waals surface area contributed by atoms with Crippen LogP contribution in [-0.2, 0) is 47.9 Å². The normalized spacial score (nSPS) is 20.9. The second-order valence-electron chi connectivity index (χ2n) is 13.4. The van der Waals surface area contributed by atoms with Crippen molar-refractivity contribution in [2.75, 3.05) is 0 Å². The average Bonchev–Trinajstić information content (AvgIpc) is 3.28.